The van der Waals surface area contributed by atoms with E-state index in [0.29, 0.717) is 29.9 Å². The normalized spacial score (nSPS) is 15.7. The van der Waals surface area contributed by atoms with Gasteiger partial charge in [-0.05, 0) is 18.1 Å². The Morgan fingerprint density at radius 2 is 1.78 bits per heavy atom. The third-order valence-corrected chi connectivity index (χ3v) is 6.90. The maximum absolute atomic E-state index is 13.4. The van der Waals surface area contributed by atoms with E-state index in [1.807, 2.05) is 11.8 Å². The molecule has 1 saturated heterocycles. The standard InChI is InChI=1S/C20H21F6N3OS2/c21-19(22,23)14-3-1-2-13(12-14)4-6-27-18(30)16-17(20(24,25)26)28-15(32-16)5-7-29-8-10-31-11-9-29/h1-3,12H,4-11H2,(H,27,30). The molecule has 2 aromatic rings. The number of benzene rings is 1. The summed E-state index contributed by atoms with van der Waals surface area (Å²) in [6.45, 7) is 2.20. The summed E-state index contributed by atoms with van der Waals surface area (Å²) in [4.78, 5) is 17.7. The third-order valence-electron chi connectivity index (χ3n) is 4.85. The Morgan fingerprint density at radius 3 is 2.44 bits per heavy atom. The highest BCUT2D eigenvalue weighted by molar-refractivity contribution is 7.99. The number of aromatic nitrogens is 1. The van der Waals surface area contributed by atoms with E-state index in [0.717, 1.165) is 36.7 Å². The fraction of sp³-hybridized carbons (Fsp3) is 0.500. The van der Waals surface area contributed by atoms with Gasteiger partial charge in [0, 0.05) is 44.1 Å². The minimum Gasteiger partial charge on any atom is -0.351 e. The van der Waals surface area contributed by atoms with Crippen LogP contribution in [0.15, 0.2) is 24.3 Å². The quantitative estimate of drug-likeness (QED) is 0.562. The molecule has 1 aliphatic heterocycles. The second-order valence-corrected chi connectivity index (χ2v) is 9.50. The molecule has 0 aliphatic carbocycles. The lowest BCUT2D eigenvalue weighted by molar-refractivity contribution is -0.141. The topological polar surface area (TPSA) is 45.2 Å². The fourth-order valence-electron chi connectivity index (χ4n) is 3.20. The molecular weight excluding hydrogens is 476 g/mol. The van der Waals surface area contributed by atoms with Crippen LogP contribution in [0.1, 0.15) is 31.5 Å². The smallest absolute Gasteiger partial charge is 0.351 e. The summed E-state index contributed by atoms with van der Waals surface area (Å²) in [5.41, 5.74) is -1.72. The maximum atomic E-state index is 13.4. The molecule has 2 heterocycles. The average molecular weight is 498 g/mol. The highest BCUT2D eigenvalue weighted by atomic mass is 32.2. The Bertz CT molecular complexity index is 923. The van der Waals surface area contributed by atoms with Gasteiger partial charge in [-0.15, -0.1) is 11.3 Å². The van der Waals surface area contributed by atoms with E-state index in [-0.39, 0.29) is 18.0 Å². The average Bonchev–Trinajstić information content (AvgIpc) is 3.18. The molecule has 0 bridgehead atoms. The molecule has 176 valence electrons. The van der Waals surface area contributed by atoms with Crippen molar-refractivity contribution in [2.45, 2.75) is 25.2 Å². The van der Waals surface area contributed by atoms with Crippen molar-refractivity contribution >= 4 is 29.0 Å². The number of nitrogens with zero attached hydrogens (tertiary/aromatic N) is 2. The molecule has 0 radical (unpaired) electrons. The second-order valence-electron chi connectivity index (χ2n) is 7.19. The minimum absolute atomic E-state index is 0.0512. The molecule has 0 atom stereocenters. The van der Waals surface area contributed by atoms with Crippen LogP contribution in [0.5, 0.6) is 0 Å². The molecule has 1 aliphatic rings. The first-order chi connectivity index (χ1) is 15.0. The summed E-state index contributed by atoms with van der Waals surface area (Å²) in [7, 11) is 0. The number of rotatable bonds is 7. The Balaban J connectivity index is 1.62. The summed E-state index contributed by atoms with van der Waals surface area (Å²) in [5.74, 6) is 1.03. The molecule has 1 aromatic heterocycles. The van der Waals surface area contributed by atoms with Crippen molar-refractivity contribution in [3.63, 3.8) is 0 Å². The first kappa shape index (κ1) is 24.8. The molecular formula is C20H21F6N3OS2. The molecule has 1 amide bonds. The summed E-state index contributed by atoms with van der Waals surface area (Å²) in [6.07, 6.45) is -8.90. The van der Waals surface area contributed by atoms with Crippen molar-refractivity contribution in [1.82, 2.24) is 15.2 Å². The Morgan fingerprint density at radius 1 is 1.06 bits per heavy atom. The number of hydrogen-bond acceptors (Lipinski definition) is 5. The van der Waals surface area contributed by atoms with Crippen molar-refractivity contribution in [2.24, 2.45) is 0 Å². The van der Waals surface area contributed by atoms with Crippen molar-refractivity contribution in [3.8, 4) is 0 Å². The molecule has 32 heavy (non-hydrogen) atoms. The number of halogens is 6. The van der Waals surface area contributed by atoms with E-state index in [1.165, 1.54) is 12.1 Å². The van der Waals surface area contributed by atoms with Crippen LogP contribution in [0.2, 0.25) is 0 Å². The van der Waals surface area contributed by atoms with E-state index >= 15 is 0 Å². The molecule has 1 N–H and O–H groups in total. The van der Waals surface area contributed by atoms with Crippen molar-refractivity contribution in [1.29, 1.82) is 0 Å². The molecule has 1 aromatic carbocycles. The zero-order chi connectivity index (χ0) is 23.4. The van der Waals surface area contributed by atoms with Gasteiger partial charge in [-0.25, -0.2) is 4.98 Å². The molecule has 1 fully saturated rings. The van der Waals surface area contributed by atoms with Gasteiger partial charge in [-0.2, -0.15) is 38.1 Å². The molecule has 4 nitrogen and oxygen atoms in total. The highest BCUT2D eigenvalue weighted by Crippen LogP contribution is 2.34. The predicted molar refractivity (Wildman–Crippen MR) is 112 cm³/mol. The summed E-state index contributed by atoms with van der Waals surface area (Å²) in [6, 6.07) is 4.60. The van der Waals surface area contributed by atoms with Crippen LogP contribution in [-0.4, -0.2) is 53.5 Å². The van der Waals surface area contributed by atoms with E-state index in [2.05, 4.69) is 15.2 Å². The van der Waals surface area contributed by atoms with Crippen molar-refractivity contribution in [3.05, 3.63) is 51.0 Å². The van der Waals surface area contributed by atoms with Crippen LogP contribution in [0.3, 0.4) is 0 Å². The molecule has 0 spiro atoms. The van der Waals surface area contributed by atoms with Gasteiger partial charge in [0.2, 0.25) is 0 Å². The number of nitrogens with one attached hydrogen (secondary N) is 1. The fourth-order valence-corrected chi connectivity index (χ4v) is 5.17. The maximum Gasteiger partial charge on any atom is 0.435 e. The largest absolute Gasteiger partial charge is 0.435 e. The molecule has 0 saturated carbocycles. The lowest BCUT2D eigenvalue weighted by Gasteiger charge is -2.25. The minimum atomic E-state index is -4.77. The summed E-state index contributed by atoms with van der Waals surface area (Å²) in [5, 5.41) is 2.61. The second kappa shape index (κ2) is 10.4. The predicted octanol–water partition coefficient (Wildman–Crippen LogP) is 4.74. The van der Waals surface area contributed by atoms with Gasteiger partial charge in [-0.3, -0.25) is 4.79 Å². The van der Waals surface area contributed by atoms with Gasteiger partial charge >= 0.3 is 12.4 Å². The Labute approximate surface area is 189 Å². The van der Waals surface area contributed by atoms with Crippen molar-refractivity contribution < 1.29 is 31.1 Å². The number of amides is 1. The van der Waals surface area contributed by atoms with Crippen molar-refractivity contribution in [2.75, 3.05) is 37.7 Å². The molecule has 12 heteroatoms. The van der Waals surface area contributed by atoms with E-state index < -0.39 is 34.4 Å². The van der Waals surface area contributed by atoms with Gasteiger partial charge in [0.1, 0.15) is 4.88 Å². The van der Waals surface area contributed by atoms with Gasteiger partial charge < -0.3 is 10.2 Å². The Kier molecular flexibility index (Phi) is 8.10. The summed E-state index contributed by atoms with van der Waals surface area (Å²) >= 11 is 2.54. The van der Waals surface area contributed by atoms with E-state index in [1.54, 1.807) is 0 Å². The Hall–Kier alpha value is -1.79. The van der Waals surface area contributed by atoms with E-state index in [9.17, 15) is 31.1 Å². The lowest BCUT2D eigenvalue weighted by atomic mass is 10.1. The third kappa shape index (κ3) is 6.85. The first-order valence-corrected chi connectivity index (χ1v) is 11.8. The number of hydrogen-bond donors (Lipinski definition) is 1. The van der Waals surface area contributed by atoms with Crippen LogP contribution < -0.4 is 5.32 Å². The monoisotopic (exact) mass is 497 g/mol. The SMILES string of the molecule is O=C(NCCc1cccc(C(F)(F)F)c1)c1sc(CCN2CCSCC2)nc1C(F)(F)F. The van der Waals surface area contributed by atoms with Crippen LogP contribution in [0, 0.1) is 0 Å². The highest BCUT2D eigenvalue weighted by Gasteiger charge is 2.39. The van der Waals surface area contributed by atoms with E-state index in [4.69, 9.17) is 0 Å². The van der Waals surface area contributed by atoms with Crippen LogP contribution >= 0.6 is 23.1 Å². The molecule has 0 unspecified atom stereocenters. The van der Waals surface area contributed by atoms with Crippen LogP contribution in [-0.2, 0) is 25.2 Å². The van der Waals surface area contributed by atoms with Crippen LogP contribution in [0.4, 0.5) is 26.3 Å². The van der Waals surface area contributed by atoms with Gasteiger partial charge in [-0.1, -0.05) is 18.2 Å². The summed E-state index contributed by atoms with van der Waals surface area (Å²) < 4.78 is 78.6. The van der Waals surface area contributed by atoms with Gasteiger partial charge in [0.05, 0.1) is 10.6 Å². The lowest BCUT2D eigenvalue weighted by Crippen LogP contribution is -2.34. The number of alkyl halides is 6. The van der Waals surface area contributed by atoms with Crippen LogP contribution in [0.25, 0.3) is 0 Å². The molecule has 3 rings (SSSR count). The number of carbonyl (C=O) groups excluding carboxylic acids is 1. The zero-order valence-electron chi connectivity index (χ0n) is 16.9. The number of thiazole rings is 1. The number of carbonyl (C=O) groups is 1. The van der Waals surface area contributed by atoms with Gasteiger partial charge in [0.15, 0.2) is 5.69 Å². The zero-order valence-corrected chi connectivity index (χ0v) is 18.5. The first-order valence-electron chi connectivity index (χ1n) is 9.85. The van der Waals surface area contributed by atoms with Gasteiger partial charge in [0.25, 0.3) is 5.91 Å². The number of thioether (sulfide) groups is 1.